The van der Waals surface area contributed by atoms with Crippen molar-refractivity contribution in [3.05, 3.63) is 34.7 Å². The predicted octanol–water partition coefficient (Wildman–Crippen LogP) is 1.82. The molecule has 3 rings (SSSR count). The fraction of sp³-hybridized carbons (Fsp3) is 0.235. The number of hydrogen-bond acceptors (Lipinski definition) is 8. The van der Waals surface area contributed by atoms with Crippen molar-refractivity contribution in [1.29, 1.82) is 0 Å². The molecule has 3 aromatic rings. The molecule has 1 aromatic carbocycles. The fourth-order valence-electron chi connectivity index (χ4n) is 2.58. The molecule has 0 radical (unpaired) electrons. The third-order valence-corrected chi connectivity index (χ3v) is 4.48. The number of benzene rings is 1. The van der Waals surface area contributed by atoms with Crippen LogP contribution in [-0.2, 0) is 10.8 Å². The van der Waals surface area contributed by atoms with Crippen LogP contribution in [0.2, 0.25) is 0 Å². The lowest BCUT2D eigenvalue weighted by Crippen LogP contribution is -2.12. The Hall–Kier alpha value is -3.14. The highest BCUT2D eigenvalue weighted by atomic mass is 32.2. The summed E-state index contributed by atoms with van der Waals surface area (Å²) in [6.07, 6.45) is 2.95. The lowest BCUT2D eigenvalue weighted by molar-refractivity contribution is 0.324. The van der Waals surface area contributed by atoms with Crippen molar-refractivity contribution in [2.45, 2.75) is 5.16 Å². The van der Waals surface area contributed by atoms with Crippen LogP contribution >= 0.6 is 0 Å². The van der Waals surface area contributed by atoms with E-state index in [1.807, 2.05) is 0 Å². The number of H-pyrrole nitrogens is 1. The SMILES string of the molecule is COc1cc(Nc2nc(S(C)=O)nc3cc[nH]c(=O)c23)cc(OC)c1OC. The number of nitrogens with zero attached hydrogens (tertiary/aromatic N) is 2. The van der Waals surface area contributed by atoms with E-state index in [1.54, 1.807) is 18.2 Å². The van der Waals surface area contributed by atoms with Crippen molar-refractivity contribution >= 4 is 33.2 Å². The zero-order valence-electron chi connectivity index (χ0n) is 15.2. The van der Waals surface area contributed by atoms with Crippen molar-refractivity contribution in [3.8, 4) is 17.2 Å². The van der Waals surface area contributed by atoms with E-state index in [9.17, 15) is 9.00 Å². The number of rotatable bonds is 6. The van der Waals surface area contributed by atoms with Gasteiger partial charge in [-0.1, -0.05) is 0 Å². The smallest absolute Gasteiger partial charge is 0.261 e. The molecule has 0 saturated carbocycles. The molecular formula is C17H18N4O5S. The number of pyridine rings is 1. The van der Waals surface area contributed by atoms with Gasteiger partial charge in [0.05, 0.1) is 37.6 Å². The lowest BCUT2D eigenvalue weighted by Gasteiger charge is -2.15. The van der Waals surface area contributed by atoms with Gasteiger partial charge in [-0.15, -0.1) is 0 Å². The quantitative estimate of drug-likeness (QED) is 0.613. The van der Waals surface area contributed by atoms with Crippen LogP contribution in [0.15, 0.2) is 34.3 Å². The van der Waals surface area contributed by atoms with Gasteiger partial charge < -0.3 is 24.5 Å². The van der Waals surface area contributed by atoms with E-state index in [2.05, 4.69) is 20.3 Å². The van der Waals surface area contributed by atoms with Gasteiger partial charge in [-0.2, -0.15) is 0 Å². The second-order valence-corrected chi connectivity index (χ2v) is 6.69. The van der Waals surface area contributed by atoms with Crippen molar-refractivity contribution < 1.29 is 18.4 Å². The first-order valence-corrected chi connectivity index (χ1v) is 9.34. The summed E-state index contributed by atoms with van der Waals surface area (Å²) in [5.41, 5.74) is 0.561. The molecule has 2 heterocycles. The number of hydrogen-bond donors (Lipinski definition) is 2. The molecule has 0 aliphatic rings. The van der Waals surface area contributed by atoms with Gasteiger partial charge in [0.15, 0.2) is 11.5 Å². The summed E-state index contributed by atoms with van der Waals surface area (Å²) in [5.74, 6) is 1.53. The average Bonchev–Trinajstić information content (AvgIpc) is 2.66. The van der Waals surface area contributed by atoms with Gasteiger partial charge in [-0.05, 0) is 6.07 Å². The maximum Gasteiger partial charge on any atom is 0.261 e. The van der Waals surface area contributed by atoms with Crippen LogP contribution in [-0.4, -0.2) is 46.7 Å². The summed E-state index contributed by atoms with van der Waals surface area (Å²) < 4.78 is 27.9. The van der Waals surface area contributed by atoms with Gasteiger partial charge in [-0.25, -0.2) is 9.97 Å². The Bertz CT molecular complexity index is 1060. The minimum atomic E-state index is -1.42. The highest BCUT2D eigenvalue weighted by Crippen LogP contribution is 2.40. The Labute approximate surface area is 157 Å². The molecule has 0 fully saturated rings. The van der Waals surface area contributed by atoms with E-state index < -0.39 is 10.8 Å². The molecule has 27 heavy (non-hydrogen) atoms. The van der Waals surface area contributed by atoms with Gasteiger partial charge in [-0.3, -0.25) is 9.00 Å². The summed E-state index contributed by atoms with van der Waals surface area (Å²) in [5, 5.41) is 3.43. The number of fused-ring (bicyclic) bond motifs is 1. The maximum absolute atomic E-state index is 12.3. The van der Waals surface area contributed by atoms with Gasteiger partial charge in [0, 0.05) is 30.3 Å². The van der Waals surface area contributed by atoms with E-state index in [0.717, 1.165) is 0 Å². The Morgan fingerprint density at radius 3 is 2.30 bits per heavy atom. The molecule has 142 valence electrons. The van der Waals surface area contributed by atoms with E-state index in [1.165, 1.54) is 33.8 Å². The zero-order valence-corrected chi connectivity index (χ0v) is 16.0. The van der Waals surface area contributed by atoms with E-state index >= 15 is 0 Å². The number of anilines is 2. The van der Waals surface area contributed by atoms with Crippen molar-refractivity contribution in [1.82, 2.24) is 15.0 Å². The van der Waals surface area contributed by atoms with Crippen LogP contribution < -0.4 is 25.1 Å². The molecule has 2 N–H and O–H groups in total. The first kappa shape index (κ1) is 18.6. The summed E-state index contributed by atoms with van der Waals surface area (Å²) in [6, 6.07) is 4.97. The molecule has 0 amide bonds. The second kappa shape index (κ2) is 7.62. The van der Waals surface area contributed by atoms with Crippen LogP contribution in [0.3, 0.4) is 0 Å². The molecule has 1 atom stereocenters. The fourth-order valence-corrected chi connectivity index (χ4v) is 3.03. The minimum absolute atomic E-state index is 0.114. The Morgan fingerprint density at radius 1 is 1.07 bits per heavy atom. The van der Waals surface area contributed by atoms with Crippen molar-refractivity contribution in [2.75, 3.05) is 32.9 Å². The minimum Gasteiger partial charge on any atom is -0.493 e. The summed E-state index contributed by atoms with van der Waals surface area (Å²) in [6.45, 7) is 0. The standard InChI is InChI=1S/C17H18N4O5S/c1-24-11-7-9(8-12(25-2)14(11)26-3)19-15-13-10(5-6-18-16(13)22)20-17(21-15)27(4)23/h5-8H,1-4H3,(H,18,22)(H,19,20,21). The number of aromatic amines is 1. The molecule has 0 aliphatic heterocycles. The highest BCUT2D eigenvalue weighted by Gasteiger charge is 2.17. The molecule has 10 heteroatoms. The number of nitrogens with one attached hydrogen (secondary N) is 2. The summed E-state index contributed by atoms with van der Waals surface area (Å²) in [7, 11) is 3.10. The molecule has 0 aliphatic carbocycles. The Balaban J connectivity index is 2.19. The van der Waals surface area contributed by atoms with E-state index in [-0.39, 0.29) is 21.9 Å². The van der Waals surface area contributed by atoms with Crippen molar-refractivity contribution in [3.63, 3.8) is 0 Å². The van der Waals surface area contributed by atoms with Crippen LogP contribution in [0.1, 0.15) is 0 Å². The largest absolute Gasteiger partial charge is 0.493 e. The normalized spacial score (nSPS) is 11.9. The molecule has 0 saturated heterocycles. The monoisotopic (exact) mass is 390 g/mol. The van der Waals surface area contributed by atoms with Gasteiger partial charge >= 0.3 is 0 Å². The first-order valence-electron chi connectivity index (χ1n) is 7.78. The molecule has 1 unspecified atom stereocenters. The van der Waals surface area contributed by atoms with Crippen LogP contribution in [0.4, 0.5) is 11.5 Å². The van der Waals surface area contributed by atoms with Gasteiger partial charge in [0.1, 0.15) is 11.2 Å². The molecule has 0 bridgehead atoms. The van der Waals surface area contributed by atoms with Crippen LogP contribution in [0.5, 0.6) is 17.2 Å². The summed E-state index contributed by atoms with van der Waals surface area (Å²) >= 11 is 0. The Morgan fingerprint density at radius 2 is 1.74 bits per heavy atom. The maximum atomic E-state index is 12.3. The Kier molecular flexibility index (Phi) is 5.26. The van der Waals surface area contributed by atoms with Crippen LogP contribution in [0, 0.1) is 0 Å². The average molecular weight is 390 g/mol. The molecular weight excluding hydrogens is 372 g/mol. The van der Waals surface area contributed by atoms with Gasteiger partial charge in [0.2, 0.25) is 10.9 Å². The lowest BCUT2D eigenvalue weighted by atomic mass is 10.2. The third kappa shape index (κ3) is 3.56. The number of methoxy groups -OCH3 is 3. The highest BCUT2D eigenvalue weighted by molar-refractivity contribution is 7.84. The summed E-state index contributed by atoms with van der Waals surface area (Å²) in [4.78, 5) is 23.3. The van der Waals surface area contributed by atoms with Gasteiger partial charge in [0.25, 0.3) is 5.56 Å². The zero-order chi connectivity index (χ0) is 19.6. The molecule has 0 spiro atoms. The topological polar surface area (TPSA) is 115 Å². The van der Waals surface area contributed by atoms with Crippen molar-refractivity contribution in [2.24, 2.45) is 0 Å². The van der Waals surface area contributed by atoms with Crippen LogP contribution in [0.25, 0.3) is 10.9 Å². The molecule has 2 aromatic heterocycles. The van der Waals surface area contributed by atoms with E-state index in [4.69, 9.17) is 14.2 Å². The predicted molar refractivity (Wildman–Crippen MR) is 102 cm³/mol. The number of aromatic nitrogens is 3. The second-order valence-electron chi connectivity index (χ2n) is 5.41. The third-order valence-electron chi connectivity index (χ3n) is 3.78. The number of ether oxygens (including phenoxy) is 3. The van der Waals surface area contributed by atoms with E-state index in [0.29, 0.717) is 28.5 Å². The molecule has 9 nitrogen and oxygen atoms in total. The first-order chi connectivity index (χ1) is 13.0.